The highest BCUT2D eigenvalue weighted by Gasteiger charge is 2.17. The molecule has 0 fully saturated rings. The van der Waals surface area contributed by atoms with E-state index in [9.17, 15) is 8.42 Å². The quantitative estimate of drug-likeness (QED) is 0.388. The summed E-state index contributed by atoms with van der Waals surface area (Å²) >= 11 is 0. The summed E-state index contributed by atoms with van der Waals surface area (Å²) in [5, 5.41) is 5.21. The van der Waals surface area contributed by atoms with Crippen molar-refractivity contribution in [3.05, 3.63) is 90.1 Å². The summed E-state index contributed by atoms with van der Waals surface area (Å²) in [6.45, 7) is 2.07. The molecule has 8 nitrogen and oxygen atoms in total. The van der Waals surface area contributed by atoms with E-state index >= 15 is 0 Å². The number of imidazole rings is 1. The molecule has 0 atom stereocenters. The number of rotatable bonds is 6. The SMILES string of the molecule is CCc1cccc(-c2[nH]c(Cc3ccc(S(N)(=O)=O)cc3)nc2-c2ccc3nccnc3c2)n1. The summed E-state index contributed by atoms with van der Waals surface area (Å²) in [6.07, 6.45) is 4.65. The number of nitrogens with two attached hydrogens (primary N) is 1. The number of aromatic nitrogens is 5. The molecule has 5 rings (SSSR count). The van der Waals surface area contributed by atoms with Crippen LogP contribution in [0.1, 0.15) is 24.0 Å². The van der Waals surface area contributed by atoms with E-state index in [0.29, 0.717) is 6.42 Å². The van der Waals surface area contributed by atoms with Crippen LogP contribution in [0, 0.1) is 0 Å². The molecule has 2 aromatic carbocycles. The minimum absolute atomic E-state index is 0.0786. The maximum absolute atomic E-state index is 11.6. The highest BCUT2D eigenvalue weighted by molar-refractivity contribution is 7.89. The van der Waals surface area contributed by atoms with Crippen LogP contribution in [0.15, 0.2) is 78.0 Å². The second-order valence-corrected chi connectivity index (χ2v) is 9.46. The Kier molecular flexibility index (Phi) is 5.64. The van der Waals surface area contributed by atoms with E-state index in [4.69, 9.17) is 15.1 Å². The summed E-state index contributed by atoms with van der Waals surface area (Å²) < 4.78 is 23.1. The molecule has 34 heavy (non-hydrogen) atoms. The molecule has 0 bridgehead atoms. The van der Waals surface area contributed by atoms with E-state index in [1.54, 1.807) is 24.5 Å². The van der Waals surface area contributed by atoms with Crippen molar-refractivity contribution in [2.75, 3.05) is 0 Å². The van der Waals surface area contributed by atoms with Crippen molar-refractivity contribution >= 4 is 21.1 Å². The molecule has 0 spiro atoms. The summed E-state index contributed by atoms with van der Waals surface area (Å²) in [5.74, 6) is 0.733. The number of fused-ring (bicyclic) bond motifs is 1. The minimum atomic E-state index is -3.73. The first-order valence-electron chi connectivity index (χ1n) is 10.8. The van der Waals surface area contributed by atoms with Gasteiger partial charge in [0, 0.05) is 30.1 Å². The van der Waals surface area contributed by atoms with Crippen LogP contribution in [0.3, 0.4) is 0 Å². The topological polar surface area (TPSA) is 128 Å². The van der Waals surface area contributed by atoms with Gasteiger partial charge in [-0.25, -0.2) is 18.5 Å². The molecular formula is C25H22N6O2S. The molecular weight excluding hydrogens is 448 g/mol. The normalized spacial score (nSPS) is 11.7. The lowest BCUT2D eigenvalue weighted by molar-refractivity contribution is 0.598. The van der Waals surface area contributed by atoms with E-state index in [2.05, 4.69) is 21.9 Å². The van der Waals surface area contributed by atoms with Crippen LogP contribution >= 0.6 is 0 Å². The Morgan fingerprint density at radius 3 is 2.41 bits per heavy atom. The van der Waals surface area contributed by atoms with E-state index in [-0.39, 0.29) is 4.90 Å². The third-order valence-electron chi connectivity index (χ3n) is 5.54. The molecule has 170 valence electrons. The number of benzene rings is 2. The van der Waals surface area contributed by atoms with Crippen LogP contribution in [-0.2, 0) is 22.9 Å². The number of hydrogen-bond donors (Lipinski definition) is 2. The van der Waals surface area contributed by atoms with Gasteiger partial charge in [-0.3, -0.25) is 15.0 Å². The van der Waals surface area contributed by atoms with Crippen molar-refractivity contribution in [3.8, 4) is 22.6 Å². The van der Waals surface area contributed by atoms with Crippen molar-refractivity contribution in [2.45, 2.75) is 24.7 Å². The summed E-state index contributed by atoms with van der Waals surface area (Å²) in [7, 11) is -3.73. The number of pyridine rings is 1. The predicted molar refractivity (Wildman–Crippen MR) is 130 cm³/mol. The van der Waals surface area contributed by atoms with Crippen molar-refractivity contribution < 1.29 is 8.42 Å². The maximum Gasteiger partial charge on any atom is 0.238 e. The number of H-pyrrole nitrogens is 1. The molecule has 5 aromatic rings. The zero-order valence-corrected chi connectivity index (χ0v) is 19.2. The standard InChI is InChI=1S/C25H22N6O2S/c1-2-18-4-3-5-21(29-18)25-24(17-8-11-20-22(15-17)28-13-12-27-20)30-23(31-25)14-16-6-9-19(10-7-16)34(26,32)33/h3-13,15H,2,14H2,1H3,(H,30,31)(H2,26,32,33). The Morgan fingerprint density at radius 1 is 0.912 bits per heavy atom. The van der Waals surface area contributed by atoms with E-state index in [1.807, 2.05) is 36.4 Å². The average Bonchev–Trinajstić information content (AvgIpc) is 3.27. The number of sulfonamides is 1. The van der Waals surface area contributed by atoms with Crippen LogP contribution in [-0.4, -0.2) is 33.3 Å². The Bertz CT molecular complexity index is 1590. The van der Waals surface area contributed by atoms with E-state index in [1.165, 1.54) is 12.1 Å². The van der Waals surface area contributed by atoms with Crippen molar-refractivity contribution in [1.82, 2.24) is 24.9 Å². The predicted octanol–water partition coefficient (Wildman–Crippen LogP) is 3.88. The van der Waals surface area contributed by atoms with Gasteiger partial charge >= 0.3 is 0 Å². The molecule has 0 saturated heterocycles. The molecule has 9 heteroatoms. The van der Waals surface area contributed by atoms with Gasteiger partial charge in [-0.2, -0.15) is 0 Å². The zero-order valence-electron chi connectivity index (χ0n) is 18.4. The molecule has 3 aromatic heterocycles. The van der Waals surface area contributed by atoms with Gasteiger partial charge < -0.3 is 4.98 Å². The lowest BCUT2D eigenvalue weighted by atomic mass is 10.1. The first-order chi connectivity index (χ1) is 16.4. The third-order valence-corrected chi connectivity index (χ3v) is 6.47. The molecule has 0 amide bonds. The second kappa shape index (κ2) is 8.77. The van der Waals surface area contributed by atoms with Gasteiger partial charge in [0.15, 0.2) is 0 Å². The summed E-state index contributed by atoms with van der Waals surface area (Å²) in [5.41, 5.74) is 6.77. The second-order valence-electron chi connectivity index (χ2n) is 7.90. The molecule has 0 unspecified atom stereocenters. The molecule has 0 aliphatic rings. The van der Waals surface area contributed by atoms with E-state index in [0.717, 1.165) is 57.2 Å². The van der Waals surface area contributed by atoms with Gasteiger partial charge in [-0.1, -0.05) is 31.2 Å². The third kappa shape index (κ3) is 4.43. The van der Waals surface area contributed by atoms with Crippen molar-refractivity contribution in [2.24, 2.45) is 5.14 Å². The zero-order chi connectivity index (χ0) is 23.7. The fraction of sp³-hybridized carbons (Fsp3) is 0.120. The number of nitrogens with zero attached hydrogens (tertiary/aromatic N) is 4. The van der Waals surface area contributed by atoms with Gasteiger partial charge in [0.1, 0.15) is 5.82 Å². The lowest BCUT2D eigenvalue weighted by Gasteiger charge is -2.05. The molecule has 0 saturated carbocycles. The van der Waals surface area contributed by atoms with Gasteiger partial charge in [-0.05, 0) is 48.4 Å². The molecule has 0 radical (unpaired) electrons. The van der Waals surface area contributed by atoms with Crippen LogP contribution in [0.2, 0.25) is 0 Å². The van der Waals surface area contributed by atoms with Gasteiger partial charge in [0.2, 0.25) is 10.0 Å². The van der Waals surface area contributed by atoms with Crippen molar-refractivity contribution in [3.63, 3.8) is 0 Å². The first kappa shape index (κ1) is 21.9. The van der Waals surface area contributed by atoms with Crippen molar-refractivity contribution in [1.29, 1.82) is 0 Å². The fourth-order valence-electron chi connectivity index (χ4n) is 3.82. The first-order valence-corrected chi connectivity index (χ1v) is 12.3. The molecule has 3 N–H and O–H groups in total. The fourth-order valence-corrected chi connectivity index (χ4v) is 4.33. The smallest absolute Gasteiger partial charge is 0.238 e. The number of aryl methyl sites for hydroxylation is 1. The summed E-state index contributed by atoms with van der Waals surface area (Å²) in [4.78, 5) is 22.0. The monoisotopic (exact) mass is 470 g/mol. The Labute approximate surface area is 197 Å². The molecule has 0 aliphatic heterocycles. The Hall–Kier alpha value is -3.95. The van der Waals surface area contributed by atoms with Gasteiger partial charge in [0.05, 0.1) is 33.0 Å². The minimum Gasteiger partial charge on any atom is -0.340 e. The summed E-state index contributed by atoms with van der Waals surface area (Å²) in [6, 6.07) is 18.3. The van der Waals surface area contributed by atoms with Gasteiger partial charge in [0.25, 0.3) is 0 Å². The molecule has 0 aliphatic carbocycles. The van der Waals surface area contributed by atoms with Crippen LogP contribution in [0.25, 0.3) is 33.7 Å². The van der Waals surface area contributed by atoms with Crippen LogP contribution in [0.4, 0.5) is 0 Å². The Morgan fingerprint density at radius 2 is 1.68 bits per heavy atom. The highest BCUT2D eigenvalue weighted by atomic mass is 32.2. The van der Waals surface area contributed by atoms with Crippen LogP contribution < -0.4 is 5.14 Å². The van der Waals surface area contributed by atoms with Crippen LogP contribution in [0.5, 0.6) is 0 Å². The highest BCUT2D eigenvalue weighted by Crippen LogP contribution is 2.31. The number of aromatic amines is 1. The number of hydrogen-bond acceptors (Lipinski definition) is 6. The lowest BCUT2D eigenvalue weighted by Crippen LogP contribution is -2.11. The number of primary sulfonamides is 1. The molecule has 3 heterocycles. The largest absolute Gasteiger partial charge is 0.340 e. The van der Waals surface area contributed by atoms with E-state index < -0.39 is 10.0 Å². The average molecular weight is 471 g/mol. The van der Waals surface area contributed by atoms with Gasteiger partial charge in [-0.15, -0.1) is 0 Å². The Balaban J connectivity index is 1.59. The maximum atomic E-state index is 11.6. The number of nitrogens with one attached hydrogen (secondary N) is 1.